The van der Waals surface area contributed by atoms with Crippen molar-refractivity contribution in [2.75, 3.05) is 10.0 Å². The van der Waals surface area contributed by atoms with E-state index in [0.29, 0.717) is 34.4 Å². The van der Waals surface area contributed by atoms with Crippen molar-refractivity contribution in [3.63, 3.8) is 0 Å². The zero-order chi connectivity index (χ0) is 22.1. The van der Waals surface area contributed by atoms with Crippen molar-refractivity contribution in [3.05, 3.63) is 77.9 Å². The van der Waals surface area contributed by atoms with Crippen molar-refractivity contribution in [1.29, 1.82) is 0 Å². The van der Waals surface area contributed by atoms with E-state index in [-0.39, 0.29) is 10.7 Å². The molecule has 2 aromatic heterocycles. The number of fused-ring (bicyclic) bond motifs is 2. The van der Waals surface area contributed by atoms with Gasteiger partial charge in [0.05, 0.1) is 22.8 Å². The van der Waals surface area contributed by atoms with Crippen LogP contribution in [-0.4, -0.2) is 27.1 Å². The molecule has 0 spiro atoms. The van der Waals surface area contributed by atoms with E-state index >= 15 is 0 Å². The number of rotatable bonds is 6. The number of hydrogen-bond donors (Lipinski definition) is 2. The van der Waals surface area contributed by atoms with Crippen LogP contribution in [0.2, 0.25) is 0 Å². The van der Waals surface area contributed by atoms with Gasteiger partial charge in [0, 0.05) is 6.54 Å². The van der Waals surface area contributed by atoms with E-state index in [9.17, 15) is 8.42 Å². The zero-order valence-electron chi connectivity index (χ0n) is 17.0. The van der Waals surface area contributed by atoms with E-state index in [4.69, 9.17) is 0 Å². The Hall–Kier alpha value is -3.63. The topological polar surface area (TPSA) is 110 Å². The number of nitrogens with zero attached hydrogens (tertiary/aromatic N) is 4. The number of hydrogen-bond acceptors (Lipinski definition) is 8. The first-order chi connectivity index (χ1) is 15.5. The van der Waals surface area contributed by atoms with Crippen LogP contribution in [-0.2, 0) is 16.6 Å². The molecular weight excluding hydrogens is 444 g/mol. The maximum absolute atomic E-state index is 13.2. The summed E-state index contributed by atoms with van der Waals surface area (Å²) in [7, 11) is -3.98. The predicted octanol–water partition coefficient (Wildman–Crippen LogP) is 4.36. The molecule has 10 heteroatoms. The number of nitrogens with one attached hydrogen (secondary N) is 2. The molecule has 0 radical (unpaired) electrons. The van der Waals surface area contributed by atoms with Crippen LogP contribution in [0.4, 0.5) is 11.6 Å². The second-order valence-corrected chi connectivity index (χ2v) is 9.42. The maximum atomic E-state index is 13.2. The van der Waals surface area contributed by atoms with Crippen molar-refractivity contribution < 1.29 is 8.42 Å². The number of aryl methyl sites for hydroxylation is 1. The van der Waals surface area contributed by atoms with E-state index in [1.54, 1.807) is 18.2 Å². The molecule has 0 unspecified atom stereocenters. The van der Waals surface area contributed by atoms with Gasteiger partial charge in [-0.05, 0) is 36.8 Å². The number of anilines is 2. The van der Waals surface area contributed by atoms with Gasteiger partial charge in [0.1, 0.15) is 15.9 Å². The summed E-state index contributed by atoms with van der Waals surface area (Å²) in [6, 6.07) is 20.2. The molecule has 0 bridgehead atoms. The SMILES string of the molecule is Cc1ccc(CNc2nc3ccccc3nc2NS(=O)(=O)c2cccc3nsnc23)cc1. The molecule has 32 heavy (non-hydrogen) atoms. The highest BCUT2D eigenvalue weighted by molar-refractivity contribution is 7.93. The first kappa shape index (κ1) is 20.3. The molecule has 0 aliphatic rings. The van der Waals surface area contributed by atoms with E-state index in [1.165, 1.54) is 11.6 Å². The highest BCUT2D eigenvalue weighted by atomic mass is 32.2. The monoisotopic (exact) mass is 462 g/mol. The normalized spacial score (nSPS) is 11.7. The molecule has 0 saturated carbocycles. The van der Waals surface area contributed by atoms with E-state index in [2.05, 4.69) is 28.8 Å². The Morgan fingerprint density at radius 1 is 0.812 bits per heavy atom. The molecule has 5 aromatic rings. The van der Waals surface area contributed by atoms with Crippen LogP contribution < -0.4 is 10.0 Å². The fourth-order valence-corrected chi connectivity index (χ4v) is 5.04. The summed E-state index contributed by atoms with van der Waals surface area (Å²) >= 11 is 0.969. The Kier molecular flexibility index (Phi) is 5.16. The second kappa shape index (κ2) is 8.13. The van der Waals surface area contributed by atoms with E-state index < -0.39 is 10.0 Å². The summed E-state index contributed by atoms with van der Waals surface area (Å²) in [4.78, 5) is 9.19. The smallest absolute Gasteiger partial charge is 0.265 e. The summed E-state index contributed by atoms with van der Waals surface area (Å²) in [5.41, 5.74) is 4.30. The first-order valence-electron chi connectivity index (χ1n) is 9.80. The quantitative estimate of drug-likeness (QED) is 0.386. The minimum absolute atomic E-state index is 0.0446. The summed E-state index contributed by atoms with van der Waals surface area (Å²) in [5.74, 6) is 0.465. The number of para-hydroxylation sites is 2. The zero-order valence-corrected chi connectivity index (χ0v) is 18.6. The lowest BCUT2D eigenvalue weighted by Gasteiger charge is -2.14. The van der Waals surface area contributed by atoms with Crippen molar-refractivity contribution in [3.8, 4) is 0 Å². The molecule has 0 amide bonds. The molecule has 160 valence electrons. The van der Waals surface area contributed by atoms with Crippen LogP contribution in [0.25, 0.3) is 22.1 Å². The van der Waals surface area contributed by atoms with Crippen molar-refractivity contribution in [2.45, 2.75) is 18.4 Å². The Balaban J connectivity index is 1.53. The Labute approximate surface area is 188 Å². The summed E-state index contributed by atoms with van der Waals surface area (Å²) < 4.78 is 37.4. The molecule has 0 fully saturated rings. The van der Waals surface area contributed by atoms with Gasteiger partial charge in [0.2, 0.25) is 0 Å². The van der Waals surface area contributed by atoms with Gasteiger partial charge in [0.25, 0.3) is 10.0 Å². The van der Waals surface area contributed by atoms with Crippen molar-refractivity contribution in [1.82, 2.24) is 18.7 Å². The number of benzene rings is 3. The molecule has 0 aliphatic carbocycles. The fraction of sp³-hybridized carbons (Fsp3) is 0.0909. The molecular formula is C22H18N6O2S2. The lowest BCUT2D eigenvalue weighted by molar-refractivity contribution is 0.601. The third-order valence-corrected chi connectivity index (χ3v) is 6.83. The lowest BCUT2D eigenvalue weighted by Crippen LogP contribution is -2.17. The van der Waals surface area contributed by atoms with Crippen LogP contribution in [0.3, 0.4) is 0 Å². The first-order valence-corrected chi connectivity index (χ1v) is 12.0. The van der Waals surface area contributed by atoms with E-state index in [1.807, 2.05) is 49.4 Å². The Morgan fingerprint density at radius 3 is 2.25 bits per heavy atom. The Morgan fingerprint density at radius 2 is 1.50 bits per heavy atom. The lowest BCUT2D eigenvalue weighted by atomic mass is 10.1. The van der Waals surface area contributed by atoms with Gasteiger partial charge in [-0.25, -0.2) is 18.4 Å². The molecule has 0 saturated heterocycles. The van der Waals surface area contributed by atoms with Gasteiger partial charge >= 0.3 is 0 Å². The average Bonchev–Trinajstić information content (AvgIpc) is 3.27. The average molecular weight is 463 g/mol. The van der Waals surface area contributed by atoms with Crippen LogP contribution in [0.5, 0.6) is 0 Å². The fourth-order valence-electron chi connectivity index (χ4n) is 3.27. The number of aromatic nitrogens is 4. The van der Waals surface area contributed by atoms with Gasteiger partial charge in [-0.2, -0.15) is 8.75 Å². The highest BCUT2D eigenvalue weighted by Crippen LogP contribution is 2.27. The molecule has 0 aliphatic heterocycles. The standard InChI is InChI=1S/C22H18N6O2S2/c1-14-9-11-15(12-10-14)13-23-21-22(25-17-6-3-2-5-16(17)24-21)28-32(29,30)19-8-4-7-18-20(19)27-31-26-18/h2-12H,13H2,1H3,(H,23,24)(H,25,28). The highest BCUT2D eigenvalue weighted by Gasteiger charge is 2.22. The third-order valence-electron chi connectivity index (χ3n) is 4.92. The second-order valence-electron chi connectivity index (χ2n) is 7.24. The summed E-state index contributed by atoms with van der Waals surface area (Å²) in [6.07, 6.45) is 0. The third kappa shape index (κ3) is 3.97. The molecule has 2 heterocycles. The van der Waals surface area contributed by atoms with Crippen LogP contribution in [0, 0.1) is 6.92 Å². The minimum Gasteiger partial charge on any atom is -0.363 e. The van der Waals surface area contributed by atoms with Crippen LogP contribution in [0.15, 0.2) is 71.6 Å². The molecule has 5 rings (SSSR count). The van der Waals surface area contributed by atoms with Gasteiger partial charge in [-0.1, -0.05) is 48.0 Å². The largest absolute Gasteiger partial charge is 0.363 e. The van der Waals surface area contributed by atoms with E-state index in [0.717, 1.165) is 17.3 Å². The van der Waals surface area contributed by atoms with Gasteiger partial charge in [-0.15, -0.1) is 0 Å². The predicted molar refractivity (Wildman–Crippen MR) is 126 cm³/mol. The maximum Gasteiger partial charge on any atom is 0.265 e. The molecule has 8 nitrogen and oxygen atoms in total. The van der Waals surface area contributed by atoms with Gasteiger partial charge in [0.15, 0.2) is 11.6 Å². The van der Waals surface area contributed by atoms with Gasteiger partial charge in [-0.3, -0.25) is 4.72 Å². The van der Waals surface area contributed by atoms with Crippen molar-refractivity contribution in [2.24, 2.45) is 0 Å². The summed E-state index contributed by atoms with van der Waals surface area (Å²) in [5, 5.41) is 3.22. The number of sulfonamides is 1. The van der Waals surface area contributed by atoms with Crippen LogP contribution >= 0.6 is 11.7 Å². The Bertz CT molecular complexity index is 1530. The van der Waals surface area contributed by atoms with Crippen molar-refractivity contribution >= 4 is 55.5 Å². The van der Waals surface area contributed by atoms with Crippen LogP contribution in [0.1, 0.15) is 11.1 Å². The molecule has 3 aromatic carbocycles. The van der Waals surface area contributed by atoms with Gasteiger partial charge < -0.3 is 5.32 Å². The minimum atomic E-state index is -3.98. The summed E-state index contributed by atoms with van der Waals surface area (Å²) in [6.45, 7) is 2.49. The molecule has 0 atom stereocenters. The molecule has 2 N–H and O–H groups in total.